The average Bonchev–Trinajstić information content (AvgIpc) is 1.72. The minimum Gasteiger partial charge on any atom is -0.297 e. The van der Waals surface area contributed by atoms with Gasteiger partial charge in [-0.1, -0.05) is 6.92 Å². The van der Waals surface area contributed by atoms with E-state index in [0.717, 1.165) is 12.8 Å². The molecule has 0 fully saturated rings. The molecule has 0 aromatic rings. The molecule has 0 spiro atoms. The molecule has 0 aromatic heterocycles. The maximum Gasteiger partial charge on any atom is 0.0276 e. The smallest absolute Gasteiger partial charge is 0.0276 e. The zero-order valence-electron chi connectivity index (χ0n) is 5.07. The highest BCUT2D eigenvalue weighted by atomic mass is 14.7. The van der Waals surface area contributed by atoms with Crippen LogP contribution in [0, 0.1) is 6.92 Å². The first-order chi connectivity index (χ1) is 3.35. The van der Waals surface area contributed by atoms with E-state index in [-0.39, 0.29) is 0 Å². The number of hydrogen-bond acceptors (Lipinski definition) is 1. The van der Waals surface area contributed by atoms with E-state index in [2.05, 4.69) is 18.8 Å². The third-order valence-corrected chi connectivity index (χ3v) is 1.01. The molecule has 0 aliphatic rings. The summed E-state index contributed by atoms with van der Waals surface area (Å²) >= 11 is 0. The quantitative estimate of drug-likeness (QED) is 0.466. The first kappa shape index (κ1) is 6.67. The van der Waals surface area contributed by atoms with E-state index in [1.54, 1.807) is 0 Å². The lowest BCUT2D eigenvalue weighted by atomic mass is 10.2. The fourth-order valence-electron chi connectivity index (χ4n) is 0.447. The van der Waals surface area contributed by atoms with E-state index < -0.39 is 0 Å². The van der Waals surface area contributed by atoms with Crippen LogP contribution in [0.5, 0.6) is 0 Å². The van der Waals surface area contributed by atoms with Crippen molar-refractivity contribution >= 4 is 5.71 Å². The molecule has 41 valence electrons. The van der Waals surface area contributed by atoms with Crippen molar-refractivity contribution in [2.24, 2.45) is 4.99 Å². The lowest BCUT2D eigenvalue weighted by Gasteiger charge is -1.91. The SMILES string of the molecule is [CH2]C/C(CC)=N\C. The van der Waals surface area contributed by atoms with E-state index in [4.69, 9.17) is 0 Å². The Labute approximate surface area is 45.5 Å². The summed E-state index contributed by atoms with van der Waals surface area (Å²) in [6.07, 6.45) is 1.90. The van der Waals surface area contributed by atoms with Gasteiger partial charge in [0.05, 0.1) is 0 Å². The summed E-state index contributed by atoms with van der Waals surface area (Å²) in [5, 5.41) is 0. The van der Waals surface area contributed by atoms with Gasteiger partial charge in [0.15, 0.2) is 0 Å². The minimum atomic E-state index is 0.854. The van der Waals surface area contributed by atoms with Gasteiger partial charge in [-0.2, -0.15) is 0 Å². The van der Waals surface area contributed by atoms with Crippen molar-refractivity contribution in [1.82, 2.24) is 0 Å². The van der Waals surface area contributed by atoms with Crippen molar-refractivity contribution in [2.45, 2.75) is 19.8 Å². The van der Waals surface area contributed by atoms with Crippen molar-refractivity contribution in [3.63, 3.8) is 0 Å². The largest absolute Gasteiger partial charge is 0.297 e. The van der Waals surface area contributed by atoms with Gasteiger partial charge >= 0.3 is 0 Å². The first-order valence-electron chi connectivity index (χ1n) is 2.59. The molecule has 0 N–H and O–H groups in total. The van der Waals surface area contributed by atoms with E-state index in [0.29, 0.717) is 0 Å². The second kappa shape index (κ2) is 3.85. The summed E-state index contributed by atoms with van der Waals surface area (Å²) in [5.41, 5.74) is 1.19. The molecule has 0 saturated carbocycles. The molecule has 0 rings (SSSR count). The lowest BCUT2D eigenvalue weighted by Crippen LogP contribution is -1.90. The van der Waals surface area contributed by atoms with Crippen LogP contribution in [0.3, 0.4) is 0 Å². The van der Waals surface area contributed by atoms with Crippen LogP contribution in [-0.2, 0) is 0 Å². The third kappa shape index (κ3) is 2.38. The van der Waals surface area contributed by atoms with Gasteiger partial charge in [0.1, 0.15) is 0 Å². The molecule has 1 heteroatoms. The Bertz CT molecular complexity index is 58.6. The Kier molecular flexibility index (Phi) is 3.67. The van der Waals surface area contributed by atoms with Crippen molar-refractivity contribution in [1.29, 1.82) is 0 Å². The van der Waals surface area contributed by atoms with E-state index >= 15 is 0 Å². The second-order valence-electron chi connectivity index (χ2n) is 1.39. The van der Waals surface area contributed by atoms with Gasteiger partial charge in [-0.05, 0) is 19.8 Å². The molecule has 0 aliphatic heterocycles. The maximum atomic E-state index is 3.98. The summed E-state index contributed by atoms with van der Waals surface area (Å²) in [7, 11) is 1.81. The molecule has 0 aliphatic carbocycles. The molecular weight excluding hydrogens is 86.1 g/mol. The van der Waals surface area contributed by atoms with E-state index in [1.807, 2.05) is 7.05 Å². The highest BCUT2D eigenvalue weighted by Gasteiger charge is 1.84. The third-order valence-electron chi connectivity index (χ3n) is 1.01. The van der Waals surface area contributed by atoms with Gasteiger partial charge in [0, 0.05) is 12.8 Å². The normalized spacial score (nSPS) is 12.1. The maximum absolute atomic E-state index is 3.98. The van der Waals surface area contributed by atoms with Crippen molar-refractivity contribution in [3.8, 4) is 0 Å². The van der Waals surface area contributed by atoms with E-state index in [1.165, 1.54) is 5.71 Å². The number of aliphatic imine (C=N–C) groups is 1. The molecule has 0 unspecified atom stereocenters. The van der Waals surface area contributed by atoms with Crippen LogP contribution in [0.4, 0.5) is 0 Å². The van der Waals surface area contributed by atoms with Gasteiger partial charge in [-0.15, -0.1) is 0 Å². The monoisotopic (exact) mass is 98.1 g/mol. The first-order valence-corrected chi connectivity index (χ1v) is 2.59. The topological polar surface area (TPSA) is 12.4 Å². The number of nitrogens with zero attached hydrogens (tertiary/aromatic N) is 1. The van der Waals surface area contributed by atoms with Gasteiger partial charge in [-0.3, -0.25) is 4.99 Å². The van der Waals surface area contributed by atoms with Crippen molar-refractivity contribution < 1.29 is 0 Å². The van der Waals surface area contributed by atoms with Crippen LogP contribution in [0.25, 0.3) is 0 Å². The molecule has 1 radical (unpaired) electrons. The lowest BCUT2D eigenvalue weighted by molar-refractivity contribution is 1.19. The summed E-state index contributed by atoms with van der Waals surface area (Å²) < 4.78 is 0. The van der Waals surface area contributed by atoms with Gasteiger partial charge < -0.3 is 0 Å². The number of rotatable bonds is 2. The molecule has 0 saturated heterocycles. The van der Waals surface area contributed by atoms with Gasteiger partial charge in [0.25, 0.3) is 0 Å². The van der Waals surface area contributed by atoms with Crippen LogP contribution < -0.4 is 0 Å². The summed E-state index contributed by atoms with van der Waals surface area (Å²) in [4.78, 5) is 3.98. The van der Waals surface area contributed by atoms with Gasteiger partial charge in [0.2, 0.25) is 0 Å². The second-order valence-corrected chi connectivity index (χ2v) is 1.39. The molecule has 0 atom stereocenters. The van der Waals surface area contributed by atoms with Crippen LogP contribution in [0.1, 0.15) is 19.8 Å². The summed E-state index contributed by atoms with van der Waals surface area (Å²) in [5.74, 6) is 0. The zero-order valence-corrected chi connectivity index (χ0v) is 5.07. The van der Waals surface area contributed by atoms with Gasteiger partial charge in [-0.25, -0.2) is 0 Å². The molecule has 0 amide bonds. The fraction of sp³-hybridized carbons (Fsp3) is 0.667. The molecule has 7 heavy (non-hydrogen) atoms. The Morgan fingerprint density at radius 3 is 2.29 bits per heavy atom. The van der Waals surface area contributed by atoms with Crippen LogP contribution >= 0.6 is 0 Å². The summed E-state index contributed by atoms with van der Waals surface area (Å²) in [6, 6.07) is 0. The van der Waals surface area contributed by atoms with Crippen LogP contribution in [0.15, 0.2) is 4.99 Å². The Morgan fingerprint density at radius 2 is 2.29 bits per heavy atom. The molecular formula is C6H12N. The predicted molar refractivity (Wildman–Crippen MR) is 33.6 cm³/mol. The molecule has 0 aromatic carbocycles. The molecule has 1 nitrogen and oxygen atoms in total. The highest BCUT2D eigenvalue weighted by molar-refractivity contribution is 5.84. The van der Waals surface area contributed by atoms with Crippen molar-refractivity contribution in [2.75, 3.05) is 7.05 Å². The Balaban J connectivity index is 3.38. The molecule has 0 bridgehead atoms. The minimum absolute atomic E-state index is 0.854. The van der Waals surface area contributed by atoms with Crippen LogP contribution in [-0.4, -0.2) is 12.8 Å². The molecule has 0 heterocycles. The zero-order chi connectivity index (χ0) is 5.70. The highest BCUT2D eigenvalue weighted by Crippen LogP contribution is 1.87. The standard InChI is InChI=1S/C6H12N/c1-4-6(5-2)7-3/h1,4-5H2,2-3H3/b7-6+. The number of hydrogen-bond donors (Lipinski definition) is 0. The Morgan fingerprint density at radius 1 is 1.71 bits per heavy atom. The van der Waals surface area contributed by atoms with E-state index in [9.17, 15) is 0 Å². The van der Waals surface area contributed by atoms with Crippen LogP contribution in [0.2, 0.25) is 0 Å². The Hall–Kier alpha value is -0.330. The fourth-order valence-corrected chi connectivity index (χ4v) is 0.447. The summed E-state index contributed by atoms with van der Waals surface area (Å²) in [6.45, 7) is 5.79. The average molecular weight is 98.2 g/mol. The predicted octanol–water partition coefficient (Wildman–Crippen LogP) is 1.69. The van der Waals surface area contributed by atoms with Crippen molar-refractivity contribution in [3.05, 3.63) is 6.92 Å².